The van der Waals surface area contributed by atoms with E-state index in [4.69, 9.17) is 15.9 Å². The van der Waals surface area contributed by atoms with E-state index in [0.717, 1.165) is 49.8 Å². The molecule has 0 radical (unpaired) electrons. The van der Waals surface area contributed by atoms with E-state index in [1.165, 1.54) is 5.56 Å². The van der Waals surface area contributed by atoms with Crippen molar-refractivity contribution in [1.29, 1.82) is 0 Å². The van der Waals surface area contributed by atoms with Crippen molar-refractivity contribution in [3.8, 4) is 18.1 Å². The molecule has 55 heavy (non-hydrogen) atoms. The van der Waals surface area contributed by atoms with Gasteiger partial charge in [0.05, 0.1) is 23.9 Å². The largest absolute Gasteiger partial charge is 0.450 e. The summed E-state index contributed by atoms with van der Waals surface area (Å²) in [7, 11) is 0. The fourth-order valence-electron chi connectivity index (χ4n) is 9.93. The monoisotopic (exact) mass is 771 g/mol. The lowest BCUT2D eigenvalue weighted by Crippen LogP contribution is -2.50. The first-order valence-electron chi connectivity index (χ1n) is 18.7. The summed E-state index contributed by atoms with van der Waals surface area (Å²) in [6.07, 6.45) is -1.35. The Morgan fingerprint density at radius 1 is 1.00 bits per heavy atom. The Hall–Kier alpha value is -4.51. The highest BCUT2D eigenvalue weighted by atomic mass is 19.4. The molecule has 1 aromatic heterocycles. The Morgan fingerprint density at radius 3 is 2.47 bits per heavy atom. The van der Waals surface area contributed by atoms with Crippen molar-refractivity contribution in [2.75, 3.05) is 6.54 Å². The Labute approximate surface area is 313 Å². The summed E-state index contributed by atoms with van der Waals surface area (Å²) in [5.74, 6) is 2.10. The summed E-state index contributed by atoms with van der Waals surface area (Å²) in [6.45, 7) is 2.09. The predicted octanol–water partition coefficient (Wildman–Crippen LogP) is 8.79. The van der Waals surface area contributed by atoms with Gasteiger partial charge in [-0.2, -0.15) is 26.3 Å². The SMILES string of the molecule is C#C[C@]1(O)CCC2[C@@H]3CCc4cc(OC(=O)CCC(=O)OC(c5cc(C(F)(F)F)nc6c(C(F)(F)F)cccc56)C5CCCC[N+]5=O)ccc4C3CC[C@@]21C. The topological polar surface area (TPSA) is 106 Å². The van der Waals surface area contributed by atoms with Crippen LogP contribution in [-0.2, 0) is 33.1 Å². The fourth-order valence-corrected chi connectivity index (χ4v) is 9.93. The van der Waals surface area contributed by atoms with E-state index in [0.29, 0.717) is 48.0 Å². The molecule has 0 bridgehead atoms. The van der Waals surface area contributed by atoms with E-state index >= 15 is 0 Å². The summed E-state index contributed by atoms with van der Waals surface area (Å²) in [6, 6.07) is 7.54. The third kappa shape index (κ3) is 7.09. The standard InChI is InChI=1S/C41H41F6N2O6/c1-3-39(52)19-17-30-27-12-10-23-21-24(11-13-25(23)26(27)16-18-38(30,39)2)54-34(50)14-15-35(51)55-37(32-9-4-5-20-49(32)53)29-22-33(41(45,46)47)48-36-28(29)7-6-8-31(36)40(42,43)44/h1,6-8,11,13,21-22,26-27,30,32,37,52H,4-5,9-10,12,14-20H2,2H3/q+1/t26?,27-,30?,32?,37?,38+,39+/m1/s1. The van der Waals surface area contributed by atoms with Crippen LogP contribution in [0.5, 0.6) is 5.75 Å². The van der Waals surface area contributed by atoms with Crippen LogP contribution in [-0.4, -0.2) is 45.0 Å². The molecule has 0 amide bonds. The number of para-hydroxylation sites is 1. The van der Waals surface area contributed by atoms with Crippen molar-refractivity contribution in [2.45, 2.75) is 114 Å². The number of aromatic nitrogens is 1. The maximum Gasteiger partial charge on any atom is 0.433 e. The maximum atomic E-state index is 14.0. The number of alkyl halides is 6. The number of aliphatic hydroxyl groups is 1. The van der Waals surface area contributed by atoms with E-state index in [-0.39, 0.29) is 35.4 Å². The van der Waals surface area contributed by atoms with Gasteiger partial charge in [-0.1, -0.05) is 31.0 Å². The van der Waals surface area contributed by atoms with Gasteiger partial charge in [0.25, 0.3) is 0 Å². The average Bonchev–Trinajstić information content (AvgIpc) is 3.42. The lowest BCUT2D eigenvalue weighted by Gasteiger charge is -2.52. The van der Waals surface area contributed by atoms with Gasteiger partial charge in [0, 0.05) is 38.9 Å². The molecule has 3 aliphatic carbocycles. The zero-order chi connectivity index (χ0) is 39.5. The van der Waals surface area contributed by atoms with E-state index in [1.54, 1.807) is 6.07 Å². The second-order valence-corrected chi connectivity index (χ2v) is 15.7. The number of pyridine rings is 1. The number of piperidine rings is 1. The van der Waals surface area contributed by atoms with Crippen LogP contribution in [0.4, 0.5) is 26.3 Å². The summed E-state index contributed by atoms with van der Waals surface area (Å²) in [4.78, 5) is 42.6. The Balaban J connectivity index is 1.07. The van der Waals surface area contributed by atoms with Crippen molar-refractivity contribution in [3.63, 3.8) is 0 Å². The van der Waals surface area contributed by atoms with Gasteiger partial charge in [-0.25, -0.2) is 4.98 Å². The summed E-state index contributed by atoms with van der Waals surface area (Å²) in [5, 5.41) is 10.9. The third-order valence-electron chi connectivity index (χ3n) is 12.7. The molecule has 292 valence electrons. The number of nitroso groups, excluding NO2 is 1. The van der Waals surface area contributed by atoms with Crippen LogP contribution in [0.3, 0.4) is 0 Å². The number of carbonyl (C=O) groups is 2. The Bertz CT molecular complexity index is 2080. The van der Waals surface area contributed by atoms with Gasteiger partial charge in [0.2, 0.25) is 6.04 Å². The molecule has 0 spiro atoms. The molecule has 14 heteroatoms. The first-order chi connectivity index (χ1) is 25.9. The maximum absolute atomic E-state index is 14.0. The van der Waals surface area contributed by atoms with E-state index < -0.39 is 77.2 Å². The van der Waals surface area contributed by atoms with Crippen molar-refractivity contribution in [3.05, 3.63) is 75.3 Å². The van der Waals surface area contributed by atoms with Crippen molar-refractivity contribution in [1.82, 2.24) is 4.98 Å². The number of hydrogen-bond acceptors (Lipinski definition) is 7. The smallest absolute Gasteiger partial charge is 0.433 e. The number of nitrogens with zero attached hydrogens (tertiary/aromatic N) is 2. The van der Waals surface area contributed by atoms with Crippen molar-refractivity contribution in [2.24, 2.45) is 17.3 Å². The Morgan fingerprint density at radius 2 is 1.76 bits per heavy atom. The predicted molar refractivity (Wildman–Crippen MR) is 186 cm³/mol. The highest BCUT2D eigenvalue weighted by Crippen LogP contribution is 2.64. The molecular formula is C41H41F6N2O6+. The normalized spacial score (nSPS) is 28.4. The van der Waals surface area contributed by atoms with E-state index in [9.17, 15) is 45.9 Å². The van der Waals surface area contributed by atoms with Crippen molar-refractivity contribution >= 4 is 22.8 Å². The highest BCUT2D eigenvalue weighted by molar-refractivity contribution is 5.87. The molecule has 3 fully saturated rings. The molecule has 4 unspecified atom stereocenters. The Kier molecular flexibility index (Phi) is 10.0. The van der Waals surface area contributed by atoms with Gasteiger partial charge in [0.1, 0.15) is 17.0 Å². The van der Waals surface area contributed by atoms with Crippen LogP contribution in [0, 0.1) is 34.5 Å². The number of halogens is 6. The molecule has 2 heterocycles. The number of rotatable bonds is 7. The minimum Gasteiger partial charge on any atom is -0.450 e. The van der Waals surface area contributed by atoms with Gasteiger partial charge < -0.3 is 14.6 Å². The molecule has 8 nitrogen and oxygen atoms in total. The molecule has 2 aromatic carbocycles. The molecule has 1 saturated heterocycles. The first-order valence-corrected chi connectivity index (χ1v) is 18.7. The van der Waals surface area contributed by atoms with Crippen LogP contribution < -0.4 is 4.74 Å². The van der Waals surface area contributed by atoms with E-state index in [2.05, 4.69) is 17.8 Å². The quantitative estimate of drug-likeness (QED) is 0.0842. The second kappa shape index (κ2) is 14.2. The van der Waals surface area contributed by atoms with E-state index in [1.807, 2.05) is 12.1 Å². The minimum atomic E-state index is -5.16. The number of carbonyl (C=O) groups excluding carboxylic acids is 2. The summed E-state index contributed by atoms with van der Waals surface area (Å²) in [5.41, 5.74) is -3.69. The second-order valence-electron chi connectivity index (χ2n) is 15.7. The van der Waals surface area contributed by atoms with Crippen LogP contribution in [0.25, 0.3) is 10.9 Å². The molecule has 4 aliphatic rings. The number of benzene rings is 2. The zero-order valence-corrected chi connectivity index (χ0v) is 30.1. The number of hydrogen-bond donors (Lipinski definition) is 1. The number of terminal acetylenes is 1. The molecule has 7 atom stereocenters. The average molecular weight is 772 g/mol. The van der Waals surface area contributed by atoms with Gasteiger partial charge >= 0.3 is 24.3 Å². The summed E-state index contributed by atoms with van der Waals surface area (Å²) < 4.78 is 95.7. The van der Waals surface area contributed by atoms with Crippen LogP contribution >= 0.6 is 0 Å². The highest BCUT2D eigenvalue weighted by Gasteiger charge is 2.61. The minimum absolute atomic E-state index is 0.0226. The lowest BCUT2D eigenvalue weighted by atomic mass is 9.53. The molecule has 3 aromatic rings. The molecule has 7 rings (SSSR count). The molecule has 2 saturated carbocycles. The molecule has 1 aliphatic heterocycles. The zero-order valence-electron chi connectivity index (χ0n) is 30.1. The summed E-state index contributed by atoms with van der Waals surface area (Å²) >= 11 is 0. The van der Waals surface area contributed by atoms with Crippen LogP contribution in [0.15, 0.2) is 42.5 Å². The van der Waals surface area contributed by atoms with Gasteiger partial charge in [-0.3, -0.25) is 9.59 Å². The molecule has 1 N–H and O–H groups in total. The van der Waals surface area contributed by atoms with Crippen LogP contribution in [0.2, 0.25) is 0 Å². The number of fused-ring (bicyclic) bond motifs is 6. The van der Waals surface area contributed by atoms with Crippen molar-refractivity contribution < 1.29 is 55.3 Å². The lowest BCUT2D eigenvalue weighted by molar-refractivity contribution is -0.605. The fraction of sp³-hybridized carbons (Fsp3) is 0.537. The van der Waals surface area contributed by atoms with Crippen LogP contribution in [0.1, 0.15) is 111 Å². The third-order valence-corrected chi connectivity index (χ3v) is 12.7. The van der Waals surface area contributed by atoms with Gasteiger partial charge in [-0.15, -0.1) is 6.42 Å². The number of ether oxygens (including phenoxy) is 2. The van der Waals surface area contributed by atoms with Gasteiger partial charge in [0.15, 0.2) is 12.6 Å². The van der Waals surface area contributed by atoms with Gasteiger partial charge in [-0.05, 0) is 98.1 Å². The number of aryl methyl sites for hydroxylation is 1. The molecular weight excluding hydrogens is 730 g/mol. The first kappa shape index (κ1) is 38.8. The number of esters is 2.